The van der Waals surface area contributed by atoms with E-state index in [0.29, 0.717) is 17.7 Å². The number of benzene rings is 3. The Hall–Kier alpha value is -4.05. The topological polar surface area (TPSA) is 88.1 Å². The first-order valence-electron chi connectivity index (χ1n) is 14.1. The van der Waals surface area contributed by atoms with Crippen LogP contribution in [0.1, 0.15) is 49.1 Å². The number of methoxy groups -OCH3 is 1. The Morgan fingerprint density at radius 2 is 1.70 bits per heavy atom. The van der Waals surface area contributed by atoms with Crippen molar-refractivity contribution in [1.82, 2.24) is 10.2 Å². The van der Waals surface area contributed by atoms with Crippen molar-refractivity contribution in [3.05, 3.63) is 95.1 Å². The summed E-state index contributed by atoms with van der Waals surface area (Å²) < 4.78 is 52.2. The number of rotatable bonds is 7. The van der Waals surface area contributed by atoms with Crippen molar-refractivity contribution in [2.45, 2.75) is 64.1 Å². The summed E-state index contributed by atoms with van der Waals surface area (Å²) in [6.45, 7) is 5.68. The smallest absolute Gasteiger partial charge is 0.416 e. The lowest BCUT2D eigenvalue weighted by atomic mass is 9.72. The van der Waals surface area contributed by atoms with E-state index in [1.807, 2.05) is 69.3 Å². The highest BCUT2D eigenvalue weighted by Gasteiger charge is 2.59. The quantitative estimate of drug-likeness (QED) is 0.355. The molecule has 0 spiro atoms. The van der Waals surface area contributed by atoms with Crippen molar-refractivity contribution < 1.29 is 37.3 Å². The van der Waals surface area contributed by atoms with E-state index in [2.05, 4.69) is 5.32 Å². The van der Waals surface area contributed by atoms with Crippen LogP contribution in [-0.2, 0) is 28.7 Å². The van der Waals surface area contributed by atoms with Gasteiger partial charge in [-0.1, -0.05) is 69.3 Å². The van der Waals surface area contributed by atoms with Gasteiger partial charge >= 0.3 is 12.1 Å². The van der Waals surface area contributed by atoms with E-state index in [1.165, 1.54) is 18.1 Å². The van der Waals surface area contributed by atoms with E-state index in [0.717, 1.165) is 17.7 Å². The number of halogens is 3. The Kier molecular flexibility index (Phi) is 8.17. The molecule has 2 aliphatic rings. The third kappa shape index (κ3) is 5.93. The van der Waals surface area contributed by atoms with Gasteiger partial charge in [0.05, 0.1) is 18.7 Å². The molecule has 2 heterocycles. The Balaban J connectivity index is 1.58. The maximum atomic E-state index is 14.3. The number of alkyl halides is 3. The molecule has 0 bridgehead atoms. The molecular weight excluding hydrogens is 561 g/mol. The van der Waals surface area contributed by atoms with Crippen LogP contribution in [0.25, 0.3) is 0 Å². The predicted octanol–water partition coefficient (Wildman–Crippen LogP) is 5.87. The van der Waals surface area contributed by atoms with Crippen LogP contribution >= 0.6 is 0 Å². The first-order valence-corrected chi connectivity index (χ1v) is 14.1. The van der Waals surface area contributed by atoms with E-state index >= 15 is 0 Å². The SMILES string of the molecule is COc1ccc(C(F)(F)F)cc1CN[C@H]1[C@H](C(C)(C)C)[C@@H](C(=O)O)N(C(=O)C2Cc3ccccc3O2)[C@H]1c1ccccc1. The van der Waals surface area contributed by atoms with Crippen molar-refractivity contribution in [3.8, 4) is 11.5 Å². The number of amides is 1. The van der Waals surface area contributed by atoms with Gasteiger partial charge in [0.2, 0.25) is 0 Å². The van der Waals surface area contributed by atoms with Crippen LogP contribution < -0.4 is 14.8 Å². The molecule has 0 saturated carbocycles. The van der Waals surface area contributed by atoms with E-state index in [1.54, 1.807) is 6.07 Å². The molecule has 0 aromatic heterocycles. The van der Waals surface area contributed by atoms with Crippen LogP contribution in [0.4, 0.5) is 13.2 Å². The number of nitrogens with one attached hydrogen (secondary N) is 1. The zero-order valence-corrected chi connectivity index (χ0v) is 24.4. The van der Waals surface area contributed by atoms with Crippen molar-refractivity contribution in [1.29, 1.82) is 0 Å². The van der Waals surface area contributed by atoms with Crippen LogP contribution in [0.5, 0.6) is 11.5 Å². The fourth-order valence-electron chi connectivity index (χ4n) is 6.53. The Morgan fingerprint density at radius 1 is 1.02 bits per heavy atom. The summed E-state index contributed by atoms with van der Waals surface area (Å²) in [5, 5.41) is 14.0. The number of carbonyl (C=O) groups is 2. The summed E-state index contributed by atoms with van der Waals surface area (Å²) in [6.07, 6.45) is -5.15. The molecule has 0 aliphatic carbocycles. The number of carboxylic acids is 1. The number of carboxylic acid groups (broad SMARTS) is 1. The lowest BCUT2D eigenvalue weighted by Crippen LogP contribution is -2.51. The summed E-state index contributed by atoms with van der Waals surface area (Å²) in [6, 6.07) is 17.1. The molecule has 43 heavy (non-hydrogen) atoms. The van der Waals surface area contributed by atoms with Gasteiger partial charge in [0.1, 0.15) is 17.5 Å². The molecule has 5 rings (SSSR count). The van der Waals surface area contributed by atoms with Gasteiger partial charge < -0.3 is 24.8 Å². The summed E-state index contributed by atoms with van der Waals surface area (Å²) in [7, 11) is 1.38. The monoisotopic (exact) mass is 596 g/mol. The Labute approximate surface area is 248 Å². The molecule has 5 atom stereocenters. The average Bonchev–Trinajstić information content (AvgIpc) is 3.55. The molecule has 1 unspecified atom stereocenters. The number of hydrogen-bond acceptors (Lipinski definition) is 5. The standard InChI is InChI=1S/C33H35F3N2O5/c1-32(2,3)26-27(37-18-21-16-22(33(34,35)36)14-15-23(21)42-4)28(19-10-6-5-7-11-19)38(29(26)31(40)41)30(39)25-17-20-12-8-9-13-24(20)43-25/h5-16,25-29,37H,17-18H2,1-4H3,(H,40,41)/t25?,26-,27-,28-,29-/m0/s1. The minimum atomic E-state index is -4.55. The van der Waals surface area contributed by atoms with E-state index < -0.39 is 59.2 Å². The molecule has 1 fully saturated rings. The van der Waals surface area contributed by atoms with E-state index in [9.17, 15) is 27.9 Å². The average molecular weight is 597 g/mol. The molecule has 228 valence electrons. The number of hydrogen-bond donors (Lipinski definition) is 2. The van der Waals surface area contributed by atoms with Gasteiger partial charge in [0.25, 0.3) is 5.91 Å². The fourth-order valence-corrected chi connectivity index (χ4v) is 6.53. The first kappa shape index (κ1) is 30.4. The normalized spacial score (nSPS) is 23.5. The van der Waals surface area contributed by atoms with Crippen molar-refractivity contribution in [2.24, 2.45) is 11.3 Å². The van der Waals surface area contributed by atoms with Crippen molar-refractivity contribution in [2.75, 3.05) is 7.11 Å². The van der Waals surface area contributed by atoms with Crippen molar-refractivity contribution >= 4 is 11.9 Å². The predicted molar refractivity (Wildman–Crippen MR) is 154 cm³/mol. The van der Waals surface area contributed by atoms with Gasteiger partial charge in [-0.15, -0.1) is 0 Å². The summed E-state index contributed by atoms with van der Waals surface area (Å²) in [5.41, 5.74) is 0.393. The minimum Gasteiger partial charge on any atom is -0.496 e. The number of ether oxygens (including phenoxy) is 2. The number of nitrogens with zero attached hydrogens (tertiary/aromatic N) is 1. The number of fused-ring (bicyclic) bond motifs is 1. The molecule has 1 amide bonds. The van der Waals surface area contributed by atoms with Crippen molar-refractivity contribution in [3.63, 3.8) is 0 Å². The van der Waals surface area contributed by atoms with Gasteiger partial charge in [-0.3, -0.25) is 4.79 Å². The van der Waals surface area contributed by atoms with Crippen LogP contribution in [0, 0.1) is 11.3 Å². The lowest BCUT2D eigenvalue weighted by molar-refractivity contribution is -0.155. The highest BCUT2D eigenvalue weighted by atomic mass is 19.4. The van der Waals surface area contributed by atoms with Gasteiger partial charge in [0.15, 0.2) is 6.10 Å². The molecule has 2 N–H and O–H groups in total. The first-order chi connectivity index (χ1) is 20.3. The lowest BCUT2D eigenvalue weighted by Gasteiger charge is -2.35. The molecule has 3 aromatic rings. The van der Waals surface area contributed by atoms with Crippen LogP contribution in [-0.4, -0.2) is 47.2 Å². The van der Waals surface area contributed by atoms with Crippen LogP contribution in [0.3, 0.4) is 0 Å². The number of aliphatic carboxylic acids is 1. The summed E-state index contributed by atoms with van der Waals surface area (Å²) in [5.74, 6) is -1.39. The molecule has 1 saturated heterocycles. The number of para-hydroxylation sites is 1. The highest BCUT2D eigenvalue weighted by molar-refractivity contribution is 5.89. The third-order valence-corrected chi connectivity index (χ3v) is 8.37. The second kappa shape index (κ2) is 11.6. The highest BCUT2D eigenvalue weighted by Crippen LogP contribution is 2.49. The molecule has 2 aliphatic heterocycles. The van der Waals surface area contributed by atoms with Crippen LogP contribution in [0.15, 0.2) is 72.8 Å². The second-order valence-electron chi connectivity index (χ2n) is 12.1. The van der Waals surface area contributed by atoms with E-state index in [4.69, 9.17) is 9.47 Å². The largest absolute Gasteiger partial charge is 0.496 e. The van der Waals surface area contributed by atoms with Crippen LogP contribution in [0.2, 0.25) is 0 Å². The molecule has 7 nitrogen and oxygen atoms in total. The minimum absolute atomic E-state index is 0.0482. The number of carbonyl (C=O) groups excluding carboxylic acids is 1. The number of likely N-dealkylation sites (tertiary alicyclic amines) is 1. The Morgan fingerprint density at radius 3 is 2.30 bits per heavy atom. The second-order valence-corrected chi connectivity index (χ2v) is 12.1. The maximum Gasteiger partial charge on any atom is 0.416 e. The molecule has 10 heteroatoms. The summed E-state index contributed by atoms with van der Waals surface area (Å²) >= 11 is 0. The van der Waals surface area contributed by atoms with Gasteiger partial charge in [-0.05, 0) is 40.8 Å². The zero-order valence-electron chi connectivity index (χ0n) is 24.4. The molecular formula is C33H35F3N2O5. The zero-order chi connectivity index (χ0) is 31.1. The maximum absolute atomic E-state index is 14.3. The van der Waals surface area contributed by atoms with Gasteiger partial charge in [0, 0.05) is 30.5 Å². The molecule has 3 aromatic carbocycles. The fraction of sp³-hybridized carbons (Fsp3) is 0.394. The summed E-state index contributed by atoms with van der Waals surface area (Å²) in [4.78, 5) is 28.8. The van der Waals surface area contributed by atoms with Gasteiger partial charge in [-0.2, -0.15) is 13.2 Å². The van der Waals surface area contributed by atoms with Gasteiger partial charge in [-0.25, -0.2) is 4.79 Å². The van der Waals surface area contributed by atoms with E-state index in [-0.39, 0.29) is 17.9 Å². The molecule has 0 radical (unpaired) electrons. The third-order valence-electron chi connectivity index (χ3n) is 8.37. The Bertz CT molecular complexity index is 1460.